The monoisotopic (exact) mass is 824 g/mol. The summed E-state index contributed by atoms with van der Waals surface area (Å²) in [6.07, 6.45) is 0. The van der Waals surface area contributed by atoms with Crippen LogP contribution < -0.4 is 0 Å². The van der Waals surface area contributed by atoms with Crippen LogP contribution in [0.3, 0.4) is 0 Å². The van der Waals surface area contributed by atoms with Gasteiger partial charge in [0.15, 0.2) is 0 Å². The van der Waals surface area contributed by atoms with Crippen molar-refractivity contribution in [3.63, 3.8) is 0 Å². The molecule has 10 aromatic rings. The van der Waals surface area contributed by atoms with Gasteiger partial charge in [-0.2, -0.15) is 0 Å². The average Bonchev–Trinajstić information content (AvgIpc) is 3.35. The van der Waals surface area contributed by atoms with Crippen molar-refractivity contribution in [3.8, 4) is 134 Å². The molecule has 0 aliphatic heterocycles. The van der Waals surface area contributed by atoms with Crippen LogP contribution in [-0.2, 0) is 0 Å². The Kier molecular flexibility index (Phi) is 9.40. The van der Waals surface area contributed by atoms with E-state index in [1.807, 2.05) is 97.1 Å². The van der Waals surface area contributed by atoms with Crippen LogP contribution >= 0.6 is 0 Å². The molecule has 0 heterocycles. The second kappa shape index (κ2) is 15.7. The fourth-order valence-electron chi connectivity index (χ4n) is 8.87. The molecule has 0 spiro atoms. The van der Waals surface area contributed by atoms with E-state index in [-0.39, 0.29) is 23.0 Å². The van der Waals surface area contributed by atoms with Crippen molar-refractivity contribution in [2.24, 2.45) is 0 Å². The molecular formula is C60H40O4. The van der Waals surface area contributed by atoms with E-state index in [0.29, 0.717) is 22.3 Å². The second-order valence-electron chi connectivity index (χ2n) is 16.4. The smallest absolute Gasteiger partial charge is 0.124 e. The molecule has 304 valence electrons. The molecule has 20 bridgehead atoms. The third-order valence-corrected chi connectivity index (χ3v) is 12.6. The van der Waals surface area contributed by atoms with E-state index in [1.165, 1.54) is 0 Å². The van der Waals surface area contributed by atoms with Crippen molar-refractivity contribution >= 4 is 0 Å². The van der Waals surface area contributed by atoms with Crippen LogP contribution in [-0.4, -0.2) is 20.4 Å². The summed E-state index contributed by atoms with van der Waals surface area (Å²) < 4.78 is 0. The van der Waals surface area contributed by atoms with Crippen LogP contribution in [0.25, 0.3) is 111 Å². The van der Waals surface area contributed by atoms with Crippen LogP contribution in [0.4, 0.5) is 0 Å². The van der Waals surface area contributed by atoms with E-state index in [2.05, 4.69) is 97.1 Å². The summed E-state index contributed by atoms with van der Waals surface area (Å²) in [5, 5.41) is 44.8. The van der Waals surface area contributed by atoms with E-state index >= 15 is 0 Å². The number of phenolic OH excluding ortho intramolecular Hbond substituents is 4. The lowest BCUT2D eigenvalue weighted by molar-refractivity contribution is 0.463. The molecule has 10 aromatic carbocycles. The molecule has 0 atom stereocenters. The predicted molar refractivity (Wildman–Crippen MR) is 261 cm³/mol. The van der Waals surface area contributed by atoms with Crippen LogP contribution in [0.2, 0.25) is 0 Å². The molecule has 0 saturated carbocycles. The Labute approximate surface area is 371 Å². The Morgan fingerprint density at radius 1 is 0.141 bits per heavy atom. The maximum Gasteiger partial charge on any atom is 0.124 e. The van der Waals surface area contributed by atoms with Gasteiger partial charge in [0.1, 0.15) is 23.0 Å². The Bertz CT molecular complexity index is 2860. The number of aromatic hydroxyl groups is 4. The van der Waals surface area contributed by atoms with Crippen LogP contribution in [0, 0.1) is 0 Å². The summed E-state index contributed by atoms with van der Waals surface area (Å²) in [5.74, 6) is 0.388. The van der Waals surface area contributed by atoms with Gasteiger partial charge in [0.25, 0.3) is 0 Å². The molecule has 0 unspecified atom stereocenters. The van der Waals surface area contributed by atoms with Gasteiger partial charge in [0.2, 0.25) is 0 Å². The lowest BCUT2D eigenvalue weighted by Crippen LogP contribution is -1.87. The van der Waals surface area contributed by atoms with Crippen molar-refractivity contribution < 1.29 is 20.4 Å². The van der Waals surface area contributed by atoms with Crippen molar-refractivity contribution in [3.05, 3.63) is 218 Å². The topological polar surface area (TPSA) is 80.9 Å². The van der Waals surface area contributed by atoms with E-state index in [4.69, 9.17) is 0 Å². The molecule has 4 nitrogen and oxygen atoms in total. The molecule has 64 heavy (non-hydrogen) atoms. The molecule has 28 aliphatic carbocycles. The van der Waals surface area contributed by atoms with Gasteiger partial charge in [0, 0.05) is 22.3 Å². The number of phenols is 4. The first-order valence-electron chi connectivity index (χ1n) is 21.3. The van der Waals surface area contributed by atoms with E-state index in [0.717, 1.165) is 89.0 Å². The Hall–Kier alpha value is -8.60. The SMILES string of the molecule is Oc1cc2c(O)cc1-c1ccc(cc1)-c1ccc(cc1)-c1ccc(cc1)-c1ccc(cc1)-c1cc(O)c(cc1O)-c1ccc(cc1)-c1ccc(cc1)-c1ccc(cc1)-c1ccc-2cc1. The van der Waals surface area contributed by atoms with Crippen molar-refractivity contribution in [2.75, 3.05) is 0 Å². The first-order chi connectivity index (χ1) is 31.3. The molecule has 0 saturated heterocycles. The minimum Gasteiger partial charge on any atom is -0.507 e. The standard InChI is InChI=1S/C60H40O4/c61-57-34-54-51-29-21-47(22-30-51)43-13-5-39(6-14-43)40-7-15-44(16-8-40)48-23-31-52(32-24-48)56-36-59(63)55(35-60(56)64)50-27-19-46(20-28-50)42-11-3-38(4-12-42)37-1-9-41(10-2-37)45-17-25-49(26-18-45)53(57)33-58(54)62/h1-36,61-64H. The van der Waals surface area contributed by atoms with E-state index in [1.54, 1.807) is 24.3 Å². The summed E-state index contributed by atoms with van der Waals surface area (Å²) in [4.78, 5) is 0. The van der Waals surface area contributed by atoms with Crippen LogP contribution in [0.15, 0.2) is 218 Å². The molecule has 0 fully saturated rings. The fraction of sp³-hybridized carbons (Fsp3) is 0. The Morgan fingerprint density at radius 2 is 0.234 bits per heavy atom. The zero-order valence-electron chi connectivity index (χ0n) is 34.6. The quantitative estimate of drug-likeness (QED) is 0.115. The molecule has 4 heteroatoms. The normalized spacial score (nSPS) is 11.4. The van der Waals surface area contributed by atoms with Crippen LogP contribution in [0.1, 0.15) is 0 Å². The van der Waals surface area contributed by atoms with Crippen molar-refractivity contribution in [1.82, 2.24) is 0 Å². The first-order valence-corrected chi connectivity index (χ1v) is 21.3. The number of benzene rings is 10. The summed E-state index contributed by atoms with van der Waals surface area (Å²) in [6, 6.07) is 72.4. The Morgan fingerprint density at radius 3 is 0.344 bits per heavy atom. The number of hydrogen-bond donors (Lipinski definition) is 4. The second-order valence-corrected chi connectivity index (χ2v) is 16.4. The molecule has 0 radical (unpaired) electrons. The molecular weight excluding hydrogens is 785 g/mol. The minimum atomic E-state index is 0.0970. The third kappa shape index (κ3) is 7.13. The fourth-order valence-corrected chi connectivity index (χ4v) is 8.87. The highest BCUT2D eigenvalue weighted by molar-refractivity contribution is 5.85. The van der Waals surface area contributed by atoms with Gasteiger partial charge in [-0.05, 0) is 113 Å². The predicted octanol–water partition coefficient (Wildman–Crippen LogP) is 15.5. The molecule has 38 rings (SSSR count). The summed E-state index contributed by atoms with van der Waals surface area (Å²) in [5.41, 5.74) is 18.3. The third-order valence-electron chi connectivity index (χ3n) is 12.6. The van der Waals surface area contributed by atoms with Crippen molar-refractivity contribution in [1.29, 1.82) is 0 Å². The summed E-state index contributed by atoms with van der Waals surface area (Å²) >= 11 is 0. The summed E-state index contributed by atoms with van der Waals surface area (Å²) in [6.45, 7) is 0. The Balaban J connectivity index is 0.936. The first kappa shape index (κ1) is 38.3. The maximum absolute atomic E-state index is 11.2. The van der Waals surface area contributed by atoms with Crippen LogP contribution in [0.5, 0.6) is 23.0 Å². The van der Waals surface area contributed by atoms with Gasteiger partial charge in [-0.25, -0.2) is 0 Å². The van der Waals surface area contributed by atoms with Gasteiger partial charge in [-0.3, -0.25) is 0 Å². The molecule has 0 amide bonds. The zero-order chi connectivity index (χ0) is 43.3. The lowest BCUT2D eigenvalue weighted by atomic mass is 9.94. The molecule has 4 N–H and O–H groups in total. The summed E-state index contributed by atoms with van der Waals surface area (Å²) in [7, 11) is 0. The number of rotatable bonds is 0. The maximum atomic E-state index is 11.2. The van der Waals surface area contributed by atoms with Gasteiger partial charge >= 0.3 is 0 Å². The van der Waals surface area contributed by atoms with Gasteiger partial charge in [0.05, 0.1) is 0 Å². The van der Waals surface area contributed by atoms with E-state index < -0.39 is 0 Å². The minimum absolute atomic E-state index is 0.0970. The number of hydrogen-bond acceptors (Lipinski definition) is 4. The van der Waals surface area contributed by atoms with Crippen molar-refractivity contribution in [2.45, 2.75) is 0 Å². The highest BCUT2D eigenvalue weighted by Crippen LogP contribution is 2.43. The highest BCUT2D eigenvalue weighted by atomic mass is 16.3. The van der Waals surface area contributed by atoms with Gasteiger partial charge < -0.3 is 20.4 Å². The van der Waals surface area contributed by atoms with Gasteiger partial charge in [-0.1, -0.05) is 194 Å². The van der Waals surface area contributed by atoms with E-state index in [9.17, 15) is 20.4 Å². The largest absolute Gasteiger partial charge is 0.507 e. The average molecular weight is 825 g/mol. The highest BCUT2D eigenvalue weighted by Gasteiger charge is 2.16. The molecule has 0 aromatic heterocycles. The van der Waals surface area contributed by atoms with Gasteiger partial charge in [-0.15, -0.1) is 0 Å². The molecule has 28 aliphatic rings. The zero-order valence-corrected chi connectivity index (χ0v) is 34.6. The lowest BCUT2D eigenvalue weighted by Gasteiger charge is -2.13.